The minimum absolute atomic E-state index is 0.255. The van der Waals surface area contributed by atoms with E-state index < -0.39 is 0 Å². The molecule has 0 aliphatic carbocycles. The predicted molar refractivity (Wildman–Crippen MR) is 55.3 cm³/mol. The number of fused-ring (bicyclic) bond motifs is 1. The normalized spacial score (nSPS) is 14.5. The van der Waals surface area contributed by atoms with E-state index in [9.17, 15) is 4.79 Å². The molecule has 1 aromatic rings. The van der Waals surface area contributed by atoms with Crippen molar-refractivity contribution in [1.82, 2.24) is 0 Å². The first-order valence-corrected chi connectivity index (χ1v) is 4.99. The van der Waals surface area contributed by atoms with Gasteiger partial charge < -0.3 is 4.90 Å². The average molecular weight is 193 g/mol. The summed E-state index contributed by atoms with van der Waals surface area (Å²) in [7, 11) is 4.01. The van der Waals surface area contributed by atoms with E-state index in [1.54, 1.807) is 0 Å². The number of hydrogen-bond donors (Lipinski definition) is 0. The summed E-state index contributed by atoms with van der Waals surface area (Å²) < 4.78 is 0. The lowest BCUT2D eigenvalue weighted by atomic mass is 10.1. The van der Waals surface area contributed by atoms with E-state index in [1.807, 2.05) is 25.1 Å². The number of carbonyl (C=O) groups excluding carboxylic acids is 1. The molecular formula is C10H11NOS. The Labute approximate surface area is 81.9 Å². The monoisotopic (exact) mass is 193 g/mol. The summed E-state index contributed by atoms with van der Waals surface area (Å²) in [6.45, 7) is 0. The molecule has 0 fully saturated rings. The summed E-state index contributed by atoms with van der Waals surface area (Å²) in [5.74, 6) is 0. The Morgan fingerprint density at radius 2 is 2.15 bits per heavy atom. The third-order valence-corrected chi connectivity index (χ3v) is 3.10. The minimum atomic E-state index is 0.255. The van der Waals surface area contributed by atoms with Gasteiger partial charge in [0.1, 0.15) is 0 Å². The molecule has 3 heteroatoms. The van der Waals surface area contributed by atoms with Crippen LogP contribution in [0.2, 0.25) is 0 Å². The fourth-order valence-corrected chi connectivity index (χ4v) is 2.30. The van der Waals surface area contributed by atoms with Gasteiger partial charge in [0.2, 0.25) is 0 Å². The van der Waals surface area contributed by atoms with Crippen molar-refractivity contribution in [3.8, 4) is 0 Å². The Hall–Kier alpha value is -0.960. The second-order valence-electron chi connectivity index (χ2n) is 3.34. The predicted octanol–water partition coefficient (Wildman–Crippen LogP) is 1.93. The van der Waals surface area contributed by atoms with Gasteiger partial charge in [-0.25, -0.2) is 0 Å². The lowest BCUT2D eigenvalue weighted by molar-refractivity contribution is -0.110. The smallest absolute Gasteiger partial charge is 0.198 e. The van der Waals surface area contributed by atoms with E-state index >= 15 is 0 Å². The zero-order valence-corrected chi connectivity index (χ0v) is 8.52. The van der Waals surface area contributed by atoms with Crippen molar-refractivity contribution in [3.05, 3.63) is 23.8 Å². The molecule has 2 rings (SSSR count). The average Bonchev–Trinajstić information content (AvgIpc) is 2.42. The van der Waals surface area contributed by atoms with E-state index in [4.69, 9.17) is 0 Å². The van der Waals surface area contributed by atoms with Crippen LogP contribution in [0.4, 0.5) is 5.69 Å². The van der Waals surface area contributed by atoms with Crippen molar-refractivity contribution in [2.24, 2.45) is 0 Å². The van der Waals surface area contributed by atoms with Crippen LogP contribution in [0, 0.1) is 0 Å². The molecule has 1 aliphatic rings. The molecule has 13 heavy (non-hydrogen) atoms. The maximum absolute atomic E-state index is 11.1. The van der Waals surface area contributed by atoms with Gasteiger partial charge in [-0.05, 0) is 17.7 Å². The van der Waals surface area contributed by atoms with E-state index in [1.165, 1.54) is 17.3 Å². The highest BCUT2D eigenvalue weighted by Crippen LogP contribution is 2.34. The van der Waals surface area contributed by atoms with Crippen LogP contribution in [0.15, 0.2) is 23.1 Å². The molecule has 0 unspecified atom stereocenters. The number of anilines is 1. The first-order valence-electron chi connectivity index (χ1n) is 4.18. The first kappa shape index (κ1) is 8.63. The topological polar surface area (TPSA) is 20.3 Å². The molecule has 2 nitrogen and oxygen atoms in total. The fourth-order valence-electron chi connectivity index (χ4n) is 1.38. The summed E-state index contributed by atoms with van der Waals surface area (Å²) in [5, 5.41) is 0.255. The van der Waals surface area contributed by atoms with Gasteiger partial charge in [-0.3, -0.25) is 4.79 Å². The lowest BCUT2D eigenvalue weighted by Gasteiger charge is -2.12. The molecule has 1 heterocycles. The fraction of sp³-hybridized carbons (Fsp3) is 0.300. The Kier molecular flexibility index (Phi) is 2.04. The van der Waals surface area contributed by atoms with Gasteiger partial charge in [0.15, 0.2) is 5.12 Å². The van der Waals surface area contributed by atoms with Gasteiger partial charge in [0, 0.05) is 31.1 Å². The maximum atomic E-state index is 11.1. The van der Waals surface area contributed by atoms with Crippen molar-refractivity contribution in [3.63, 3.8) is 0 Å². The van der Waals surface area contributed by atoms with Crippen LogP contribution in [0.5, 0.6) is 0 Å². The lowest BCUT2D eigenvalue weighted by Crippen LogP contribution is -2.08. The first-order chi connectivity index (χ1) is 6.16. The highest BCUT2D eigenvalue weighted by molar-refractivity contribution is 8.14. The van der Waals surface area contributed by atoms with Gasteiger partial charge in [0.05, 0.1) is 0 Å². The summed E-state index contributed by atoms with van der Waals surface area (Å²) in [5.41, 5.74) is 2.32. The zero-order chi connectivity index (χ0) is 9.42. The molecule has 0 radical (unpaired) electrons. The SMILES string of the molecule is CN(C)c1ccc2c(c1)SC(=O)C2. The van der Waals surface area contributed by atoms with Crippen LogP contribution in [0.1, 0.15) is 5.56 Å². The quantitative estimate of drug-likeness (QED) is 0.679. The van der Waals surface area contributed by atoms with Crippen molar-refractivity contribution in [2.45, 2.75) is 11.3 Å². The molecule has 0 atom stereocenters. The van der Waals surface area contributed by atoms with Crippen molar-refractivity contribution >= 4 is 22.6 Å². The van der Waals surface area contributed by atoms with Gasteiger partial charge >= 0.3 is 0 Å². The summed E-state index contributed by atoms with van der Waals surface area (Å²) in [4.78, 5) is 14.3. The third-order valence-electron chi connectivity index (χ3n) is 2.13. The van der Waals surface area contributed by atoms with Crippen LogP contribution in [-0.4, -0.2) is 19.2 Å². The minimum Gasteiger partial charge on any atom is -0.378 e. The van der Waals surface area contributed by atoms with Crippen molar-refractivity contribution in [1.29, 1.82) is 0 Å². The van der Waals surface area contributed by atoms with Gasteiger partial charge in [0.25, 0.3) is 0 Å². The maximum Gasteiger partial charge on any atom is 0.198 e. The van der Waals surface area contributed by atoms with Crippen LogP contribution in [0.3, 0.4) is 0 Å². The number of nitrogens with zero attached hydrogens (tertiary/aromatic N) is 1. The number of hydrogen-bond acceptors (Lipinski definition) is 3. The standard InChI is InChI=1S/C10H11NOS/c1-11(2)8-4-3-7-5-10(12)13-9(7)6-8/h3-4,6H,5H2,1-2H3. The van der Waals surface area contributed by atoms with E-state index in [0.29, 0.717) is 6.42 Å². The highest BCUT2D eigenvalue weighted by atomic mass is 32.2. The molecule has 0 bridgehead atoms. The molecule has 0 saturated carbocycles. The van der Waals surface area contributed by atoms with E-state index in [2.05, 4.69) is 12.1 Å². The van der Waals surface area contributed by atoms with E-state index in [0.717, 1.165) is 10.6 Å². The number of thioether (sulfide) groups is 1. The molecule has 0 saturated heterocycles. The van der Waals surface area contributed by atoms with Gasteiger partial charge in [-0.1, -0.05) is 17.8 Å². The molecule has 0 N–H and O–H groups in total. The van der Waals surface area contributed by atoms with Crippen molar-refractivity contribution in [2.75, 3.05) is 19.0 Å². The molecule has 0 spiro atoms. The Balaban J connectivity index is 2.40. The Morgan fingerprint density at radius 1 is 1.38 bits per heavy atom. The number of carbonyl (C=O) groups is 1. The van der Waals surface area contributed by atoms with Crippen LogP contribution in [0.25, 0.3) is 0 Å². The molecule has 0 aromatic heterocycles. The second kappa shape index (κ2) is 3.07. The molecule has 68 valence electrons. The Morgan fingerprint density at radius 3 is 2.85 bits per heavy atom. The summed E-state index contributed by atoms with van der Waals surface area (Å²) in [6.07, 6.45) is 0.591. The highest BCUT2D eigenvalue weighted by Gasteiger charge is 2.19. The number of benzene rings is 1. The van der Waals surface area contributed by atoms with Gasteiger partial charge in [-0.15, -0.1) is 0 Å². The molecule has 1 aliphatic heterocycles. The van der Waals surface area contributed by atoms with Gasteiger partial charge in [-0.2, -0.15) is 0 Å². The van der Waals surface area contributed by atoms with Crippen LogP contribution in [-0.2, 0) is 11.2 Å². The van der Waals surface area contributed by atoms with Crippen LogP contribution >= 0.6 is 11.8 Å². The van der Waals surface area contributed by atoms with Crippen LogP contribution < -0.4 is 4.90 Å². The molecular weight excluding hydrogens is 182 g/mol. The summed E-state index contributed by atoms with van der Waals surface area (Å²) in [6, 6.07) is 6.17. The van der Waals surface area contributed by atoms with Crippen molar-refractivity contribution < 1.29 is 4.79 Å². The largest absolute Gasteiger partial charge is 0.378 e. The second-order valence-corrected chi connectivity index (χ2v) is 4.44. The third kappa shape index (κ3) is 1.56. The molecule has 1 aromatic carbocycles. The Bertz CT molecular complexity index is 360. The summed E-state index contributed by atoms with van der Waals surface area (Å²) >= 11 is 1.36. The zero-order valence-electron chi connectivity index (χ0n) is 7.70. The number of rotatable bonds is 1. The van der Waals surface area contributed by atoms with E-state index in [-0.39, 0.29) is 5.12 Å². The molecule has 0 amide bonds.